The van der Waals surface area contributed by atoms with Crippen molar-refractivity contribution in [1.29, 1.82) is 0 Å². The van der Waals surface area contributed by atoms with Crippen molar-refractivity contribution in [2.45, 2.75) is 63.3 Å². The van der Waals surface area contributed by atoms with Crippen LogP contribution in [0.5, 0.6) is 0 Å². The Morgan fingerprint density at radius 1 is 1.29 bits per heavy atom. The molecule has 0 aromatic carbocycles. The molecule has 6 heteroatoms. The van der Waals surface area contributed by atoms with Gasteiger partial charge in [0, 0.05) is 37.3 Å². The quantitative estimate of drug-likeness (QED) is 0.756. The Hall–Kier alpha value is -0.910. The van der Waals surface area contributed by atoms with E-state index in [1.165, 1.54) is 0 Å². The third-order valence-corrected chi connectivity index (χ3v) is 4.22. The fourth-order valence-electron chi connectivity index (χ4n) is 2.93. The van der Waals surface area contributed by atoms with Gasteiger partial charge in [0.15, 0.2) is 0 Å². The summed E-state index contributed by atoms with van der Waals surface area (Å²) in [5.74, 6) is 0.158. The lowest BCUT2D eigenvalue weighted by molar-refractivity contribution is -0.130. The summed E-state index contributed by atoms with van der Waals surface area (Å²) >= 11 is 4.41. The van der Waals surface area contributed by atoms with Crippen molar-refractivity contribution in [1.82, 2.24) is 9.80 Å². The lowest BCUT2D eigenvalue weighted by atomic mass is 10.1. The summed E-state index contributed by atoms with van der Waals surface area (Å²) < 4.78 is 5.46. The van der Waals surface area contributed by atoms with E-state index in [1.54, 1.807) is 4.90 Å². The number of likely N-dealkylation sites (tertiary alicyclic amines) is 2. The van der Waals surface area contributed by atoms with Crippen molar-refractivity contribution >= 4 is 24.6 Å². The lowest BCUT2D eigenvalue weighted by Gasteiger charge is -2.32. The van der Waals surface area contributed by atoms with Crippen LogP contribution in [0.2, 0.25) is 0 Å². The standard InChI is InChI=1S/C15H26N2O3S/c1-15(2,3)20-14(19)16-7-5-4-6-11(9-16)17-10-12(21)8-13(17)18/h11-12,21H,4-10H2,1-3H3. The molecule has 0 spiro atoms. The molecule has 2 fully saturated rings. The molecule has 0 aromatic rings. The van der Waals surface area contributed by atoms with Crippen LogP contribution in [-0.4, -0.2) is 58.3 Å². The molecule has 2 unspecified atom stereocenters. The summed E-state index contributed by atoms with van der Waals surface area (Å²) in [4.78, 5) is 28.0. The second kappa shape index (κ2) is 6.46. The third-order valence-electron chi connectivity index (χ3n) is 3.88. The summed E-state index contributed by atoms with van der Waals surface area (Å²) in [6.45, 7) is 7.58. The first-order valence-electron chi connectivity index (χ1n) is 7.72. The molecule has 2 saturated heterocycles. The highest BCUT2D eigenvalue weighted by atomic mass is 32.1. The van der Waals surface area contributed by atoms with Crippen LogP contribution in [0.4, 0.5) is 4.79 Å². The Balaban J connectivity index is 2.01. The summed E-state index contributed by atoms with van der Waals surface area (Å²) in [5.41, 5.74) is -0.488. The molecule has 0 aromatic heterocycles. The molecular weight excluding hydrogens is 288 g/mol. The van der Waals surface area contributed by atoms with Crippen LogP contribution in [0.1, 0.15) is 46.5 Å². The molecule has 2 heterocycles. The topological polar surface area (TPSA) is 49.9 Å². The molecule has 2 amide bonds. The molecular formula is C15H26N2O3S. The number of carbonyl (C=O) groups excluding carboxylic acids is 2. The SMILES string of the molecule is CC(C)(C)OC(=O)N1CCCCC(N2CC(S)CC2=O)C1. The maximum Gasteiger partial charge on any atom is 0.410 e. The molecule has 0 saturated carbocycles. The van der Waals surface area contributed by atoms with E-state index in [0.29, 0.717) is 26.1 Å². The second-order valence-corrected chi connectivity index (χ2v) is 7.71. The van der Waals surface area contributed by atoms with Gasteiger partial charge in [0.2, 0.25) is 5.91 Å². The predicted molar refractivity (Wildman–Crippen MR) is 84.6 cm³/mol. The second-order valence-electron chi connectivity index (χ2n) is 6.98. The average molecular weight is 314 g/mol. The maximum atomic E-state index is 12.3. The van der Waals surface area contributed by atoms with E-state index in [1.807, 2.05) is 25.7 Å². The lowest BCUT2D eigenvalue weighted by Crippen LogP contribution is -2.46. The van der Waals surface area contributed by atoms with Crippen LogP contribution in [-0.2, 0) is 9.53 Å². The van der Waals surface area contributed by atoms with E-state index in [9.17, 15) is 9.59 Å². The zero-order valence-electron chi connectivity index (χ0n) is 13.2. The monoisotopic (exact) mass is 314 g/mol. The van der Waals surface area contributed by atoms with E-state index in [4.69, 9.17) is 4.74 Å². The van der Waals surface area contributed by atoms with E-state index < -0.39 is 5.60 Å². The van der Waals surface area contributed by atoms with Crippen molar-refractivity contribution < 1.29 is 14.3 Å². The number of thiol groups is 1. The van der Waals surface area contributed by atoms with Crippen LogP contribution in [0.3, 0.4) is 0 Å². The predicted octanol–water partition coefficient (Wildman–Crippen LogP) is 2.31. The third kappa shape index (κ3) is 4.53. The van der Waals surface area contributed by atoms with E-state index >= 15 is 0 Å². The van der Waals surface area contributed by atoms with Gasteiger partial charge in [0.25, 0.3) is 0 Å². The van der Waals surface area contributed by atoms with Gasteiger partial charge in [0.05, 0.1) is 0 Å². The van der Waals surface area contributed by atoms with Gasteiger partial charge < -0.3 is 14.5 Å². The number of carbonyl (C=O) groups is 2. The first kappa shape index (κ1) is 16.5. The van der Waals surface area contributed by atoms with Crippen molar-refractivity contribution in [3.8, 4) is 0 Å². The number of hydrogen-bond acceptors (Lipinski definition) is 4. The molecule has 120 valence electrons. The minimum absolute atomic E-state index is 0.102. The number of ether oxygens (including phenoxy) is 1. The van der Waals surface area contributed by atoms with Gasteiger partial charge in [-0.15, -0.1) is 0 Å². The normalized spacial score (nSPS) is 27.7. The molecule has 2 atom stereocenters. The van der Waals surface area contributed by atoms with Crippen molar-refractivity contribution in [3.63, 3.8) is 0 Å². The van der Waals surface area contributed by atoms with Crippen molar-refractivity contribution in [2.75, 3.05) is 19.6 Å². The van der Waals surface area contributed by atoms with Crippen LogP contribution in [0.15, 0.2) is 0 Å². The number of hydrogen-bond donors (Lipinski definition) is 1. The summed E-state index contributed by atoms with van der Waals surface area (Å²) in [5, 5.41) is 0.121. The molecule has 0 N–H and O–H groups in total. The molecule has 0 aliphatic carbocycles. The van der Waals surface area contributed by atoms with Crippen LogP contribution < -0.4 is 0 Å². The molecule has 0 bridgehead atoms. The first-order valence-corrected chi connectivity index (χ1v) is 8.23. The van der Waals surface area contributed by atoms with Gasteiger partial charge in [-0.1, -0.05) is 0 Å². The Morgan fingerprint density at radius 3 is 2.57 bits per heavy atom. The van der Waals surface area contributed by atoms with Crippen molar-refractivity contribution in [3.05, 3.63) is 0 Å². The van der Waals surface area contributed by atoms with Gasteiger partial charge in [0.1, 0.15) is 5.60 Å². The number of amides is 2. The molecule has 2 aliphatic rings. The van der Waals surface area contributed by atoms with Crippen LogP contribution in [0.25, 0.3) is 0 Å². The largest absolute Gasteiger partial charge is 0.444 e. The van der Waals surface area contributed by atoms with Gasteiger partial charge >= 0.3 is 6.09 Å². The summed E-state index contributed by atoms with van der Waals surface area (Å²) in [6, 6.07) is 0.102. The van der Waals surface area contributed by atoms with Crippen LogP contribution in [0, 0.1) is 0 Å². The minimum atomic E-state index is -0.488. The number of rotatable bonds is 1. The van der Waals surface area contributed by atoms with Gasteiger partial charge in [-0.05, 0) is 40.0 Å². The average Bonchev–Trinajstić information content (AvgIpc) is 2.58. The smallest absolute Gasteiger partial charge is 0.410 e. The van der Waals surface area contributed by atoms with E-state index in [2.05, 4.69) is 12.6 Å². The highest BCUT2D eigenvalue weighted by Gasteiger charge is 2.35. The van der Waals surface area contributed by atoms with Gasteiger partial charge in [-0.2, -0.15) is 12.6 Å². The molecule has 0 radical (unpaired) electrons. The minimum Gasteiger partial charge on any atom is -0.444 e. The Bertz CT molecular complexity index is 408. The van der Waals surface area contributed by atoms with E-state index in [-0.39, 0.29) is 23.3 Å². The van der Waals surface area contributed by atoms with E-state index in [0.717, 1.165) is 19.3 Å². The van der Waals surface area contributed by atoms with Gasteiger partial charge in [-0.25, -0.2) is 4.79 Å². The highest BCUT2D eigenvalue weighted by molar-refractivity contribution is 7.81. The summed E-state index contributed by atoms with van der Waals surface area (Å²) in [7, 11) is 0. The Morgan fingerprint density at radius 2 is 2.00 bits per heavy atom. The Kier molecular flexibility index (Phi) is 5.07. The fraction of sp³-hybridized carbons (Fsp3) is 0.867. The zero-order valence-corrected chi connectivity index (χ0v) is 14.1. The molecule has 21 heavy (non-hydrogen) atoms. The fourth-order valence-corrected chi connectivity index (χ4v) is 3.26. The van der Waals surface area contributed by atoms with Gasteiger partial charge in [-0.3, -0.25) is 4.79 Å². The van der Waals surface area contributed by atoms with Crippen molar-refractivity contribution in [2.24, 2.45) is 0 Å². The highest BCUT2D eigenvalue weighted by Crippen LogP contribution is 2.24. The molecule has 2 rings (SSSR count). The summed E-state index contributed by atoms with van der Waals surface area (Å²) in [6.07, 6.45) is 3.17. The number of nitrogens with zero attached hydrogens (tertiary/aromatic N) is 2. The molecule has 2 aliphatic heterocycles. The maximum absolute atomic E-state index is 12.3. The van der Waals surface area contributed by atoms with Crippen LogP contribution >= 0.6 is 12.6 Å². The molecule has 5 nitrogen and oxygen atoms in total. The Labute approximate surface area is 132 Å². The zero-order chi connectivity index (χ0) is 15.6. The first-order chi connectivity index (χ1) is 9.76.